The summed E-state index contributed by atoms with van der Waals surface area (Å²) in [5.41, 5.74) is 1.26. The van der Waals surface area contributed by atoms with Crippen LogP contribution in [-0.4, -0.2) is 90.2 Å². The maximum absolute atomic E-state index is 12.5. The van der Waals surface area contributed by atoms with Crippen molar-refractivity contribution >= 4 is 5.91 Å². The molecule has 0 spiro atoms. The highest BCUT2D eigenvalue weighted by Gasteiger charge is 2.33. The van der Waals surface area contributed by atoms with E-state index in [1.54, 1.807) is 0 Å². The molecule has 1 aromatic rings. The first kappa shape index (κ1) is 18.4. The van der Waals surface area contributed by atoms with Gasteiger partial charge in [0.25, 0.3) is 0 Å². The van der Waals surface area contributed by atoms with E-state index >= 15 is 0 Å². The average molecular weight is 349 g/mol. The first-order chi connectivity index (χ1) is 12.1. The molecule has 7 heteroatoms. The van der Waals surface area contributed by atoms with Crippen molar-refractivity contribution in [2.75, 3.05) is 60.0 Å². The van der Waals surface area contributed by atoms with E-state index in [0.29, 0.717) is 31.7 Å². The van der Waals surface area contributed by atoms with Crippen molar-refractivity contribution in [1.29, 1.82) is 0 Å². The van der Waals surface area contributed by atoms with Crippen LogP contribution in [0.15, 0.2) is 12.5 Å². The number of imidazole rings is 1. The molecule has 140 valence electrons. The number of nitrogens with zero attached hydrogens (tertiary/aromatic N) is 5. The lowest BCUT2D eigenvalue weighted by molar-refractivity contribution is -0.136. The van der Waals surface area contributed by atoms with Gasteiger partial charge >= 0.3 is 0 Å². The Bertz CT molecular complexity index is 570. The lowest BCUT2D eigenvalue weighted by atomic mass is 9.87. The predicted octanol–water partition coefficient (Wildman–Crippen LogP) is 0.594. The second-order valence-electron chi connectivity index (χ2n) is 7.45. The minimum absolute atomic E-state index is 0.215. The lowest BCUT2D eigenvalue weighted by Crippen LogP contribution is -2.47. The molecule has 1 amide bonds. The van der Waals surface area contributed by atoms with Gasteiger partial charge in [-0.2, -0.15) is 0 Å². The van der Waals surface area contributed by atoms with Crippen LogP contribution in [0.3, 0.4) is 0 Å². The zero-order chi connectivity index (χ0) is 17.8. The van der Waals surface area contributed by atoms with Crippen LogP contribution in [0.2, 0.25) is 0 Å². The van der Waals surface area contributed by atoms with Crippen LogP contribution in [-0.2, 0) is 16.6 Å². The van der Waals surface area contributed by atoms with Gasteiger partial charge in [0, 0.05) is 32.9 Å². The van der Waals surface area contributed by atoms with E-state index in [9.17, 15) is 4.79 Å². The number of likely N-dealkylation sites (N-methyl/N-ethyl adjacent to an activating group) is 1. The highest BCUT2D eigenvalue weighted by molar-refractivity contribution is 5.78. The number of ether oxygens (including phenoxy) is 1. The summed E-state index contributed by atoms with van der Waals surface area (Å²) in [6.07, 6.45) is 6.26. The highest BCUT2D eigenvalue weighted by Crippen LogP contribution is 2.35. The zero-order valence-corrected chi connectivity index (χ0v) is 15.7. The molecule has 2 saturated heterocycles. The van der Waals surface area contributed by atoms with Gasteiger partial charge in [-0.05, 0) is 39.4 Å². The van der Waals surface area contributed by atoms with Crippen LogP contribution in [0.4, 0.5) is 0 Å². The highest BCUT2D eigenvalue weighted by atomic mass is 16.5. The largest absolute Gasteiger partial charge is 0.378 e. The molecule has 0 aliphatic carbocycles. The number of hydrogen-bond donors (Lipinski definition) is 0. The molecular formula is C18H31N5O2. The van der Waals surface area contributed by atoms with Crippen LogP contribution < -0.4 is 0 Å². The van der Waals surface area contributed by atoms with Crippen LogP contribution in [0.1, 0.15) is 24.6 Å². The third-order valence-electron chi connectivity index (χ3n) is 5.48. The topological polar surface area (TPSA) is 53.8 Å². The van der Waals surface area contributed by atoms with Gasteiger partial charge in [-0.25, -0.2) is 4.98 Å². The van der Waals surface area contributed by atoms with Crippen LogP contribution in [0, 0.1) is 5.92 Å². The van der Waals surface area contributed by atoms with E-state index in [1.165, 1.54) is 18.5 Å². The molecule has 2 atom stereocenters. The number of aryl methyl sites for hydroxylation is 1. The summed E-state index contributed by atoms with van der Waals surface area (Å²) in [7, 11) is 6.32. The quantitative estimate of drug-likeness (QED) is 0.779. The minimum atomic E-state index is 0.215. The molecule has 3 heterocycles. The summed E-state index contributed by atoms with van der Waals surface area (Å²) < 4.78 is 7.46. The summed E-state index contributed by atoms with van der Waals surface area (Å²) in [5.74, 6) is 0.726. The second kappa shape index (κ2) is 8.29. The van der Waals surface area contributed by atoms with Crippen molar-refractivity contribution in [1.82, 2.24) is 24.3 Å². The van der Waals surface area contributed by atoms with E-state index in [4.69, 9.17) is 4.74 Å². The molecule has 7 nitrogen and oxygen atoms in total. The first-order valence-corrected chi connectivity index (χ1v) is 9.26. The van der Waals surface area contributed by atoms with Crippen molar-refractivity contribution < 1.29 is 9.53 Å². The number of morpholine rings is 1. The molecule has 3 rings (SSSR count). The standard InChI is InChI=1S/C18H31N5O2/c1-20(13-17(24)23-7-9-25-10-8-23)12-15-5-4-6-21(2)18(15)16-11-19-14-22(16)3/h11,14-15,18H,4-10,12-13H2,1-3H3/t15-,18+/m0/s1. The Hall–Kier alpha value is -1.44. The van der Waals surface area contributed by atoms with Gasteiger partial charge in [0.15, 0.2) is 0 Å². The van der Waals surface area contributed by atoms with Crippen LogP contribution >= 0.6 is 0 Å². The third kappa shape index (κ3) is 4.40. The fraction of sp³-hybridized carbons (Fsp3) is 0.778. The van der Waals surface area contributed by atoms with E-state index in [-0.39, 0.29) is 5.91 Å². The molecule has 0 unspecified atom stereocenters. The smallest absolute Gasteiger partial charge is 0.236 e. The van der Waals surface area contributed by atoms with E-state index < -0.39 is 0 Å². The van der Waals surface area contributed by atoms with Gasteiger partial charge in [0.05, 0.1) is 37.8 Å². The molecule has 1 aromatic heterocycles. The Morgan fingerprint density at radius 3 is 2.76 bits per heavy atom. The Labute approximate surface area is 150 Å². The number of piperidine rings is 1. The Morgan fingerprint density at radius 1 is 1.32 bits per heavy atom. The average Bonchev–Trinajstić information content (AvgIpc) is 3.01. The number of rotatable bonds is 5. The number of amides is 1. The predicted molar refractivity (Wildman–Crippen MR) is 96.2 cm³/mol. The van der Waals surface area contributed by atoms with Gasteiger partial charge in [-0.15, -0.1) is 0 Å². The Kier molecular flexibility index (Phi) is 6.09. The lowest BCUT2D eigenvalue weighted by Gasteiger charge is -2.41. The second-order valence-corrected chi connectivity index (χ2v) is 7.45. The fourth-order valence-corrected chi connectivity index (χ4v) is 4.18. The van der Waals surface area contributed by atoms with Gasteiger partial charge in [0.1, 0.15) is 0 Å². The summed E-state index contributed by atoms with van der Waals surface area (Å²) >= 11 is 0. The third-order valence-corrected chi connectivity index (χ3v) is 5.48. The van der Waals surface area contributed by atoms with Gasteiger partial charge in [0.2, 0.25) is 5.91 Å². The van der Waals surface area contributed by atoms with E-state index in [1.807, 2.05) is 17.4 Å². The van der Waals surface area contributed by atoms with Gasteiger partial charge in [-0.1, -0.05) is 0 Å². The molecule has 25 heavy (non-hydrogen) atoms. The SMILES string of the molecule is CN(CC(=O)N1CCOCC1)C[C@@H]1CCCN(C)[C@H]1c1cncn1C. The zero-order valence-electron chi connectivity index (χ0n) is 15.7. The monoisotopic (exact) mass is 349 g/mol. The maximum Gasteiger partial charge on any atom is 0.236 e. The maximum atomic E-state index is 12.5. The molecule has 2 fully saturated rings. The molecule has 0 radical (unpaired) electrons. The number of aromatic nitrogens is 2. The summed E-state index contributed by atoms with van der Waals surface area (Å²) in [6.45, 7) is 5.28. The van der Waals surface area contributed by atoms with Gasteiger partial charge < -0.3 is 14.2 Å². The minimum Gasteiger partial charge on any atom is -0.378 e. The number of carbonyl (C=O) groups excluding carboxylic acids is 1. The van der Waals surface area contributed by atoms with Crippen molar-refractivity contribution in [2.24, 2.45) is 13.0 Å². The fourth-order valence-electron chi connectivity index (χ4n) is 4.18. The molecule has 0 N–H and O–H groups in total. The van der Waals surface area contributed by atoms with Crippen molar-refractivity contribution in [3.63, 3.8) is 0 Å². The van der Waals surface area contributed by atoms with Gasteiger partial charge in [-0.3, -0.25) is 14.6 Å². The number of carbonyl (C=O) groups is 1. The summed E-state index contributed by atoms with van der Waals surface area (Å²) in [5, 5.41) is 0. The number of likely N-dealkylation sites (tertiary alicyclic amines) is 1. The molecule has 2 aliphatic rings. The van der Waals surface area contributed by atoms with E-state index in [2.05, 4.69) is 40.5 Å². The first-order valence-electron chi connectivity index (χ1n) is 9.26. The van der Waals surface area contributed by atoms with Crippen molar-refractivity contribution in [3.05, 3.63) is 18.2 Å². The Morgan fingerprint density at radius 2 is 2.08 bits per heavy atom. The van der Waals surface area contributed by atoms with Crippen molar-refractivity contribution in [2.45, 2.75) is 18.9 Å². The van der Waals surface area contributed by atoms with E-state index in [0.717, 1.165) is 26.2 Å². The Balaban J connectivity index is 1.61. The summed E-state index contributed by atoms with van der Waals surface area (Å²) in [4.78, 5) is 23.3. The molecule has 0 aromatic carbocycles. The molecule has 0 bridgehead atoms. The summed E-state index contributed by atoms with van der Waals surface area (Å²) in [6, 6.07) is 0.363. The molecule has 0 saturated carbocycles. The molecular weight excluding hydrogens is 318 g/mol. The number of hydrogen-bond acceptors (Lipinski definition) is 5. The molecule has 2 aliphatic heterocycles. The van der Waals surface area contributed by atoms with Crippen LogP contribution in [0.25, 0.3) is 0 Å². The van der Waals surface area contributed by atoms with Crippen molar-refractivity contribution in [3.8, 4) is 0 Å². The van der Waals surface area contributed by atoms with Crippen LogP contribution in [0.5, 0.6) is 0 Å². The normalized spacial score (nSPS) is 25.5.